The third kappa shape index (κ3) is 2.34. The van der Waals surface area contributed by atoms with Crippen LogP contribution in [0.2, 0.25) is 0 Å². The molecule has 3 rings (SSSR count). The van der Waals surface area contributed by atoms with E-state index in [2.05, 4.69) is 10.6 Å². The van der Waals surface area contributed by atoms with E-state index in [4.69, 9.17) is 4.74 Å². The summed E-state index contributed by atoms with van der Waals surface area (Å²) in [7, 11) is 0. The molecule has 0 unspecified atom stereocenters. The first-order valence-electron chi connectivity index (χ1n) is 6.55. The average molecular weight is 246 g/mol. The molecule has 0 spiro atoms. The second-order valence-electron chi connectivity index (χ2n) is 4.99. The fraction of sp³-hybridized carbons (Fsp3) is 0.500. The third-order valence-corrected chi connectivity index (χ3v) is 3.65. The molecule has 1 saturated heterocycles. The van der Waals surface area contributed by atoms with Crippen LogP contribution in [0.25, 0.3) is 0 Å². The molecule has 1 aromatic carbocycles. The topological polar surface area (TPSA) is 50.4 Å². The van der Waals surface area contributed by atoms with Gasteiger partial charge < -0.3 is 15.4 Å². The van der Waals surface area contributed by atoms with Crippen molar-refractivity contribution in [2.45, 2.75) is 12.8 Å². The van der Waals surface area contributed by atoms with Crippen molar-refractivity contribution in [3.05, 3.63) is 29.3 Å². The maximum Gasteiger partial charge on any atom is 0.251 e. The zero-order valence-electron chi connectivity index (χ0n) is 10.4. The molecule has 1 amide bonds. The molecular formula is C14H18N2O2. The summed E-state index contributed by atoms with van der Waals surface area (Å²) >= 11 is 0. The van der Waals surface area contributed by atoms with E-state index in [0.717, 1.165) is 43.9 Å². The van der Waals surface area contributed by atoms with Crippen LogP contribution in [-0.4, -0.2) is 32.2 Å². The molecule has 96 valence electrons. The van der Waals surface area contributed by atoms with E-state index in [1.54, 1.807) is 0 Å². The predicted molar refractivity (Wildman–Crippen MR) is 69.9 cm³/mol. The maximum absolute atomic E-state index is 12.0. The standard InChI is InChI=1S/C14H18N2O2/c17-14(16-8-10-4-6-18-9-10)12-1-2-13-11(7-12)3-5-15-13/h1-2,7,10,15H,3-6,8-9H2,(H,16,17)/t10-/m0/s1. The zero-order valence-corrected chi connectivity index (χ0v) is 10.4. The molecule has 2 heterocycles. The highest BCUT2D eigenvalue weighted by molar-refractivity contribution is 5.95. The van der Waals surface area contributed by atoms with Crippen LogP contribution in [0.5, 0.6) is 0 Å². The average Bonchev–Trinajstić information content (AvgIpc) is 3.05. The molecule has 2 aliphatic heterocycles. The number of benzene rings is 1. The summed E-state index contributed by atoms with van der Waals surface area (Å²) in [4.78, 5) is 12.0. The lowest BCUT2D eigenvalue weighted by Crippen LogP contribution is -2.29. The highest BCUT2D eigenvalue weighted by Crippen LogP contribution is 2.23. The van der Waals surface area contributed by atoms with Crippen LogP contribution in [0.1, 0.15) is 22.3 Å². The minimum absolute atomic E-state index is 0.0246. The van der Waals surface area contributed by atoms with Crippen LogP contribution in [0, 0.1) is 5.92 Å². The fourth-order valence-electron chi connectivity index (χ4n) is 2.53. The molecule has 0 aromatic heterocycles. The molecule has 0 saturated carbocycles. The molecular weight excluding hydrogens is 228 g/mol. The summed E-state index contributed by atoms with van der Waals surface area (Å²) in [6, 6.07) is 5.88. The van der Waals surface area contributed by atoms with Crippen LogP contribution in [0.3, 0.4) is 0 Å². The molecule has 2 aliphatic rings. The Labute approximate surface area is 107 Å². The number of anilines is 1. The largest absolute Gasteiger partial charge is 0.384 e. The summed E-state index contributed by atoms with van der Waals surface area (Å²) in [5, 5.41) is 6.29. The summed E-state index contributed by atoms with van der Waals surface area (Å²) < 4.78 is 5.30. The van der Waals surface area contributed by atoms with Crippen molar-refractivity contribution in [2.75, 3.05) is 31.6 Å². The molecule has 1 atom stereocenters. The van der Waals surface area contributed by atoms with Crippen molar-refractivity contribution >= 4 is 11.6 Å². The molecule has 1 fully saturated rings. The Morgan fingerprint density at radius 1 is 1.50 bits per heavy atom. The Bertz CT molecular complexity index is 453. The zero-order chi connectivity index (χ0) is 12.4. The van der Waals surface area contributed by atoms with Crippen molar-refractivity contribution < 1.29 is 9.53 Å². The Balaban J connectivity index is 1.61. The van der Waals surface area contributed by atoms with E-state index in [1.807, 2.05) is 18.2 Å². The number of carbonyl (C=O) groups excluding carboxylic acids is 1. The third-order valence-electron chi connectivity index (χ3n) is 3.65. The SMILES string of the molecule is O=C(NC[C@@H]1CCOC1)c1ccc2c(c1)CCN2. The van der Waals surface area contributed by atoms with Crippen LogP contribution in [0.4, 0.5) is 5.69 Å². The number of hydrogen-bond donors (Lipinski definition) is 2. The normalized spacial score (nSPS) is 21.4. The first kappa shape index (κ1) is 11.5. The molecule has 4 nitrogen and oxygen atoms in total. The molecule has 0 aliphatic carbocycles. The molecule has 1 aromatic rings. The highest BCUT2D eigenvalue weighted by Gasteiger charge is 2.17. The minimum atomic E-state index is 0.0246. The number of ether oxygens (including phenoxy) is 1. The van der Waals surface area contributed by atoms with Gasteiger partial charge in [0, 0.05) is 36.9 Å². The fourth-order valence-corrected chi connectivity index (χ4v) is 2.53. The van der Waals surface area contributed by atoms with Gasteiger partial charge in [-0.25, -0.2) is 0 Å². The molecule has 4 heteroatoms. The van der Waals surface area contributed by atoms with Crippen molar-refractivity contribution in [2.24, 2.45) is 5.92 Å². The molecule has 18 heavy (non-hydrogen) atoms. The predicted octanol–water partition coefficient (Wildman–Crippen LogP) is 1.42. The van der Waals surface area contributed by atoms with Gasteiger partial charge in [0.25, 0.3) is 5.91 Å². The Kier molecular flexibility index (Phi) is 3.19. The number of fused-ring (bicyclic) bond motifs is 1. The molecule has 2 N–H and O–H groups in total. The van der Waals surface area contributed by atoms with Crippen molar-refractivity contribution in [1.29, 1.82) is 0 Å². The van der Waals surface area contributed by atoms with Gasteiger partial charge in [0.15, 0.2) is 0 Å². The van der Waals surface area contributed by atoms with Gasteiger partial charge in [0.1, 0.15) is 0 Å². The second-order valence-corrected chi connectivity index (χ2v) is 4.99. The van der Waals surface area contributed by atoms with E-state index in [1.165, 1.54) is 5.56 Å². The summed E-state index contributed by atoms with van der Waals surface area (Å²) in [6.45, 7) is 3.29. The minimum Gasteiger partial charge on any atom is -0.384 e. The lowest BCUT2D eigenvalue weighted by atomic mass is 10.1. The van der Waals surface area contributed by atoms with Crippen molar-refractivity contribution in [3.8, 4) is 0 Å². The van der Waals surface area contributed by atoms with Crippen molar-refractivity contribution in [3.63, 3.8) is 0 Å². The van der Waals surface area contributed by atoms with E-state index >= 15 is 0 Å². The van der Waals surface area contributed by atoms with Crippen LogP contribution in [-0.2, 0) is 11.2 Å². The first-order valence-corrected chi connectivity index (χ1v) is 6.55. The second kappa shape index (κ2) is 4.98. The van der Waals surface area contributed by atoms with E-state index in [0.29, 0.717) is 12.5 Å². The van der Waals surface area contributed by atoms with E-state index in [-0.39, 0.29) is 5.91 Å². The Morgan fingerprint density at radius 2 is 2.44 bits per heavy atom. The maximum atomic E-state index is 12.0. The molecule has 0 radical (unpaired) electrons. The first-order chi connectivity index (χ1) is 8.83. The van der Waals surface area contributed by atoms with E-state index in [9.17, 15) is 4.79 Å². The summed E-state index contributed by atoms with van der Waals surface area (Å²) in [5.74, 6) is 0.502. The van der Waals surface area contributed by atoms with Gasteiger partial charge in [-0.05, 0) is 36.6 Å². The summed E-state index contributed by atoms with van der Waals surface area (Å²) in [5.41, 5.74) is 3.17. The van der Waals surface area contributed by atoms with Gasteiger partial charge >= 0.3 is 0 Å². The van der Waals surface area contributed by atoms with Gasteiger partial charge in [-0.1, -0.05) is 0 Å². The monoisotopic (exact) mass is 246 g/mol. The lowest BCUT2D eigenvalue weighted by molar-refractivity contribution is 0.0945. The number of rotatable bonds is 3. The van der Waals surface area contributed by atoms with Crippen LogP contribution >= 0.6 is 0 Å². The lowest BCUT2D eigenvalue weighted by Gasteiger charge is -2.10. The van der Waals surface area contributed by atoms with Gasteiger partial charge in [-0.15, -0.1) is 0 Å². The van der Waals surface area contributed by atoms with Gasteiger partial charge in [0.05, 0.1) is 6.61 Å². The van der Waals surface area contributed by atoms with Crippen molar-refractivity contribution in [1.82, 2.24) is 5.32 Å². The van der Waals surface area contributed by atoms with Gasteiger partial charge in [-0.2, -0.15) is 0 Å². The quantitative estimate of drug-likeness (QED) is 0.848. The Morgan fingerprint density at radius 3 is 3.28 bits per heavy atom. The molecule has 0 bridgehead atoms. The number of nitrogens with one attached hydrogen (secondary N) is 2. The van der Waals surface area contributed by atoms with Crippen LogP contribution in [0.15, 0.2) is 18.2 Å². The van der Waals surface area contributed by atoms with E-state index < -0.39 is 0 Å². The highest BCUT2D eigenvalue weighted by atomic mass is 16.5. The Hall–Kier alpha value is -1.55. The number of amides is 1. The number of hydrogen-bond acceptors (Lipinski definition) is 3. The van der Waals surface area contributed by atoms with Gasteiger partial charge in [-0.3, -0.25) is 4.79 Å². The van der Waals surface area contributed by atoms with Crippen LogP contribution < -0.4 is 10.6 Å². The van der Waals surface area contributed by atoms with Gasteiger partial charge in [0.2, 0.25) is 0 Å². The smallest absolute Gasteiger partial charge is 0.251 e. The summed E-state index contributed by atoms with van der Waals surface area (Å²) in [6.07, 6.45) is 2.06. The number of carbonyl (C=O) groups is 1.